The smallest absolute Gasteiger partial charge is 0.0592 e. The Morgan fingerprint density at radius 2 is 2.44 bits per heavy atom. The Labute approximate surface area is 97.0 Å². The molecule has 0 saturated carbocycles. The molecule has 1 aliphatic rings. The van der Waals surface area contributed by atoms with E-state index >= 15 is 0 Å². The zero-order valence-corrected chi connectivity index (χ0v) is 9.41. The molecule has 1 N–H and O–H groups in total. The first kappa shape index (κ1) is 11.0. The predicted octanol–water partition coefficient (Wildman–Crippen LogP) is 2.65. The topological polar surface area (TPSA) is 21.3 Å². The van der Waals surface area contributed by atoms with Crippen LogP contribution in [0.4, 0.5) is 5.69 Å². The van der Waals surface area contributed by atoms with Gasteiger partial charge in [0.15, 0.2) is 0 Å². The number of ether oxygens (including phenoxy) is 1. The summed E-state index contributed by atoms with van der Waals surface area (Å²) in [7, 11) is 0. The molecule has 1 unspecified atom stereocenters. The molecule has 0 spiro atoms. The van der Waals surface area contributed by atoms with E-state index in [1.54, 1.807) is 0 Å². The molecule has 1 saturated heterocycles. The number of benzene rings is 1. The van der Waals surface area contributed by atoms with E-state index in [4.69, 9.17) is 11.2 Å². The highest BCUT2D eigenvalue weighted by molar-refractivity contribution is 5.49. The molecule has 0 radical (unpaired) electrons. The van der Waals surface area contributed by atoms with Gasteiger partial charge in [-0.2, -0.15) is 0 Å². The minimum atomic E-state index is 0.448. The highest BCUT2D eigenvalue weighted by atomic mass is 16.5. The fourth-order valence-electron chi connectivity index (χ4n) is 1.97. The summed E-state index contributed by atoms with van der Waals surface area (Å²) < 4.78 is 5.56. The van der Waals surface area contributed by atoms with E-state index in [0.717, 1.165) is 30.8 Å². The molecule has 2 heteroatoms. The third-order valence-electron chi connectivity index (χ3n) is 2.85. The van der Waals surface area contributed by atoms with Crippen molar-refractivity contribution >= 4 is 5.69 Å². The maximum atomic E-state index is 5.56. The number of hydrogen-bond acceptors (Lipinski definition) is 2. The van der Waals surface area contributed by atoms with Crippen LogP contribution in [0.2, 0.25) is 0 Å². The first-order chi connectivity index (χ1) is 7.88. The van der Waals surface area contributed by atoms with Gasteiger partial charge in [0.2, 0.25) is 0 Å². The number of terminal acetylenes is 1. The lowest BCUT2D eigenvalue weighted by Crippen LogP contribution is -2.12. The van der Waals surface area contributed by atoms with Crippen LogP contribution in [0.25, 0.3) is 0 Å². The predicted molar refractivity (Wildman–Crippen MR) is 66.5 cm³/mol. The van der Waals surface area contributed by atoms with E-state index in [1.807, 2.05) is 24.3 Å². The van der Waals surface area contributed by atoms with Gasteiger partial charge in [0.05, 0.1) is 6.10 Å². The summed E-state index contributed by atoms with van der Waals surface area (Å²) in [5.74, 6) is 2.63. The Hall–Kier alpha value is -1.46. The van der Waals surface area contributed by atoms with Crippen molar-refractivity contribution in [3.63, 3.8) is 0 Å². The number of anilines is 1. The van der Waals surface area contributed by atoms with E-state index < -0.39 is 0 Å². The lowest BCUT2D eigenvalue weighted by Gasteiger charge is -2.11. The Kier molecular flexibility index (Phi) is 3.85. The van der Waals surface area contributed by atoms with Gasteiger partial charge in [-0.05, 0) is 37.5 Å². The molecule has 1 aromatic rings. The summed E-state index contributed by atoms with van der Waals surface area (Å²) in [4.78, 5) is 0. The summed E-state index contributed by atoms with van der Waals surface area (Å²) in [6.07, 6.45) is 9.27. The normalized spacial score (nSPS) is 19.3. The fraction of sp³-hybridized carbons (Fsp3) is 0.429. The van der Waals surface area contributed by atoms with Gasteiger partial charge in [0, 0.05) is 24.4 Å². The summed E-state index contributed by atoms with van der Waals surface area (Å²) in [5, 5.41) is 3.37. The zero-order chi connectivity index (χ0) is 11.2. The first-order valence-corrected chi connectivity index (χ1v) is 5.80. The Morgan fingerprint density at radius 1 is 1.50 bits per heavy atom. The highest BCUT2D eigenvalue weighted by Gasteiger charge is 2.14. The van der Waals surface area contributed by atoms with Crippen molar-refractivity contribution in [1.29, 1.82) is 0 Å². The minimum absolute atomic E-state index is 0.448. The Balaban J connectivity index is 1.78. The van der Waals surface area contributed by atoms with E-state index in [2.05, 4.69) is 11.2 Å². The van der Waals surface area contributed by atoms with Gasteiger partial charge in [-0.1, -0.05) is 12.0 Å². The third kappa shape index (κ3) is 3.01. The van der Waals surface area contributed by atoms with Gasteiger partial charge in [0.1, 0.15) is 0 Å². The summed E-state index contributed by atoms with van der Waals surface area (Å²) in [6.45, 7) is 1.87. The van der Waals surface area contributed by atoms with Crippen molar-refractivity contribution < 1.29 is 4.74 Å². The summed E-state index contributed by atoms with van der Waals surface area (Å²) in [5.41, 5.74) is 2.01. The third-order valence-corrected chi connectivity index (χ3v) is 2.85. The Bertz CT molecular complexity index is 375. The SMILES string of the molecule is C#Cc1cccc(NCCC2CCCO2)c1. The molecule has 1 aromatic carbocycles. The van der Waals surface area contributed by atoms with Crippen LogP contribution in [0.1, 0.15) is 24.8 Å². The molecular weight excluding hydrogens is 198 g/mol. The van der Waals surface area contributed by atoms with E-state index in [1.165, 1.54) is 12.8 Å². The van der Waals surface area contributed by atoms with Crippen molar-refractivity contribution in [3.8, 4) is 12.3 Å². The van der Waals surface area contributed by atoms with Gasteiger partial charge in [-0.25, -0.2) is 0 Å². The van der Waals surface area contributed by atoms with Gasteiger partial charge in [-0.15, -0.1) is 6.42 Å². The minimum Gasteiger partial charge on any atom is -0.385 e. The van der Waals surface area contributed by atoms with Crippen LogP contribution >= 0.6 is 0 Å². The second-order valence-corrected chi connectivity index (χ2v) is 4.08. The van der Waals surface area contributed by atoms with Crippen LogP contribution in [0.15, 0.2) is 24.3 Å². The van der Waals surface area contributed by atoms with Crippen molar-refractivity contribution in [3.05, 3.63) is 29.8 Å². The molecule has 1 aliphatic heterocycles. The molecule has 0 bridgehead atoms. The van der Waals surface area contributed by atoms with Crippen LogP contribution in [0.3, 0.4) is 0 Å². The van der Waals surface area contributed by atoms with Crippen LogP contribution in [-0.2, 0) is 4.74 Å². The van der Waals surface area contributed by atoms with E-state index in [9.17, 15) is 0 Å². The lowest BCUT2D eigenvalue weighted by atomic mass is 10.1. The molecular formula is C14H17NO. The Morgan fingerprint density at radius 3 is 3.19 bits per heavy atom. The fourth-order valence-corrected chi connectivity index (χ4v) is 1.97. The average molecular weight is 215 g/mol. The monoisotopic (exact) mass is 215 g/mol. The highest BCUT2D eigenvalue weighted by Crippen LogP contribution is 2.16. The number of nitrogens with one attached hydrogen (secondary N) is 1. The van der Waals surface area contributed by atoms with Crippen LogP contribution in [-0.4, -0.2) is 19.3 Å². The molecule has 0 amide bonds. The molecule has 16 heavy (non-hydrogen) atoms. The quantitative estimate of drug-likeness (QED) is 0.780. The average Bonchev–Trinajstić information content (AvgIpc) is 2.82. The van der Waals surface area contributed by atoms with Crippen molar-refractivity contribution in [2.75, 3.05) is 18.5 Å². The standard InChI is InChI=1S/C14H17NO/c1-2-12-5-3-6-13(11-12)15-9-8-14-7-4-10-16-14/h1,3,5-6,11,14-15H,4,7-10H2. The lowest BCUT2D eigenvalue weighted by molar-refractivity contribution is 0.107. The first-order valence-electron chi connectivity index (χ1n) is 5.80. The van der Waals surface area contributed by atoms with Gasteiger partial charge in [0.25, 0.3) is 0 Å². The molecule has 1 fully saturated rings. The van der Waals surface area contributed by atoms with Gasteiger partial charge >= 0.3 is 0 Å². The maximum absolute atomic E-state index is 5.56. The summed E-state index contributed by atoms with van der Waals surface area (Å²) in [6, 6.07) is 7.95. The molecule has 0 aromatic heterocycles. The van der Waals surface area contributed by atoms with Gasteiger partial charge < -0.3 is 10.1 Å². The number of hydrogen-bond donors (Lipinski definition) is 1. The van der Waals surface area contributed by atoms with Crippen LogP contribution in [0.5, 0.6) is 0 Å². The molecule has 84 valence electrons. The van der Waals surface area contributed by atoms with Crippen LogP contribution < -0.4 is 5.32 Å². The molecule has 0 aliphatic carbocycles. The van der Waals surface area contributed by atoms with Crippen molar-refractivity contribution in [1.82, 2.24) is 0 Å². The molecule has 1 heterocycles. The second kappa shape index (κ2) is 5.58. The molecule has 2 nitrogen and oxygen atoms in total. The molecule has 1 atom stereocenters. The van der Waals surface area contributed by atoms with Gasteiger partial charge in [-0.3, -0.25) is 0 Å². The second-order valence-electron chi connectivity index (χ2n) is 4.08. The van der Waals surface area contributed by atoms with Crippen molar-refractivity contribution in [2.45, 2.75) is 25.4 Å². The van der Waals surface area contributed by atoms with Crippen LogP contribution in [0, 0.1) is 12.3 Å². The largest absolute Gasteiger partial charge is 0.385 e. The molecule has 2 rings (SSSR count). The van der Waals surface area contributed by atoms with E-state index in [-0.39, 0.29) is 0 Å². The zero-order valence-electron chi connectivity index (χ0n) is 9.41. The summed E-state index contributed by atoms with van der Waals surface area (Å²) >= 11 is 0. The number of rotatable bonds is 4. The van der Waals surface area contributed by atoms with Crippen molar-refractivity contribution in [2.24, 2.45) is 0 Å². The maximum Gasteiger partial charge on any atom is 0.0592 e. The van der Waals surface area contributed by atoms with E-state index in [0.29, 0.717) is 6.10 Å².